The van der Waals surface area contributed by atoms with Crippen molar-refractivity contribution in [3.8, 4) is 6.07 Å². The summed E-state index contributed by atoms with van der Waals surface area (Å²) in [5.74, 6) is 0.658. The number of hydrogen-bond acceptors (Lipinski definition) is 6. The molecule has 7 heteroatoms. The Kier molecular flexibility index (Phi) is 5.97. The van der Waals surface area contributed by atoms with Crippen molar-refractivity contribution in [2.24, 2.45) is 0 Å². The molecular formula is C20H24N6O. The standard InChI is InChI=1S/C20H24N6O/c1-3-16-17(14-21)19(24-23-18(16)4-2)25-10-5-11-26(13-12-25)20(27)15-6-8-22-9-7-15/h6-9H,3-5,10-13H2,1-2H3. The van der Waals surface area contributed by atoms with E-state index >= 15 is 0 Å². The molecule has 0 saturated carbocycles. The van der Waals surface area contributed by atoms with Gasteiger partial charge in [0.25, 0.3) is 5.91 Å². The van der Waals surface area contributed by atoms with Crippen molar-refractivity contribution in [3.63, 3.8) is 0 Å². The maximum absolute atomic E-state index is 12.7. The molecule has 3 heterocycles. The molecule has 1 amide bonds. The number of aromatic nitrogens is 3. The summed E-state index contributed by atoms with van der Waals surface area (Å²) in [5.41, 5.74) is 3.15. The van der Waals surface area contributed by atoms with E-state index in [2.05, 4.69) is 26.2 Å². The molecule has 7 nitrogen and oxygen atoms in total. The molecule has 27 heavy (non-hydrogen) atoms. The maximum Gasteiger partial charge on any atom is 0.254 e. The molecule has 1 aliphatic heterocycles. The van der Waals surface area contributed by atoms with Crippen molar-refractivity contribution < 1.29 is 4.79 Å². The first kappa shape index (κ1) is 18.8. The highest BCUT2D eigenvalue weighted by molar-refractivity contribution is 5.94. The highest BCUT2D eigenvalue weighted by atomic mass is 16.2. The van der Waals surface area contributed by atoms with Crippen LogP contribution in [0.15, 0.2) is 24.5 Å². The monoisotopic (exact) mass is 364 g/mol. The van der Waals surface area contributed by atoms with E-state index < -0.39 is 0 Å². The quantitative estimate of drug-likeness (QED) is 0.827. The van der Waals surface area contributed by atoms with Gasteiger partial charge in [-0.25, -0.2) is 0 Å². The zero-order valence-electron chi connectivity index (χ0n) is 15.9. The van der Waals surface area contributed by atoms with E-state index in [1.165, 1.54) is 0 Å². The first-order valence-electron chi connectivity index (χ1n) is 9.42. The van der Waals surface area contributed by atoms with Crippen LogP contribution in [-0.4, -0.2) is 52.2 Å². The summed E-state index contributed by atoms with van der Waals surface area (Å²) in [4.78, 5) is 20.6. The number of carbonyl (C=O) groups excluding carboxylic acids is 1. The van der Waals surface area contributed by atoms with Crippen LogP contribution in [0.25, 0.3) is 0 Å². The lowest BCUT2D eigenvalue weighted by Gasteiger charge is -2.24. The fraction of sp³-hybridized carbons (Fsp3) is 0.450. The lowest BCUT2D eigenvalue weighted by Crippen LogP contribution is -2.35. The van der Waals surface area contributed by atoms with Crippen LogP contribution in [0, 0.1) is 11.3 Å². The van der Waals surface area contributed by atoms with E-state index in [0.717, 1.165) is 37.1 Å². The molecule has 1 aliphatic rings. The van der Waals surface area contributed by atoms with Crippen LogP contribution in [-0.2, 0) is 12.8 Å². The Labute approximate surface area is 159 Å². The van der Waals surface area contributed by atoms with Crippen molar-refractivity contribution in [2.75, 3.05) is 31.1 Å². The van der Waals surface area contributed by atoms with Crippen molar-refractivity contribution in [1.29, 1.82) is 5.26 Å². The van der Waals surface area contributed by atoms with Gasteiger partial charge in [-0.15, -0.1) is 5.10 Å². The molecule has 0 bridgehead atoms. The Morgan fingerprint density at radius 3 is 2.56 bits per heavy atom. The lowest BCUT2D eigenvalue weighted by atomic mass is 10.0. The summed E-state index contributed by atoms with van der Waals surface area (Å²) in [6.07, 6.45) is 5.61. The Morgan fingerprint density at radius 1 is 1.11 bits per heavy atom. The molecule has 2 aromatic heterocycles. The maximum atomic E-state index is 12.7. The summed E-state index contributed by atoms with van der Waals surface area (Å²) >= 11 is 0. The third-order valence-corrected chi connectivity index (χ3v) is 4.95. The Morgan fingerprint density at radius 2 is 1.89 bits per heavy atom. The molecule has 2 aromatic rings. The van der Waals surface area contributed by atoms with Gasteiger partial charge >= 0.3 is 0 Å². The van der Waals surface area contributed by atoms with Gasteiger partial charge in [0.2, 0.25) is 0 Å². The Balaban J connectivity index is 1.81. The van der Waals surface area contributed by atoms with Gasteiger partial charge in [0.15, 0.2) is 5.82 Å². The number of amides is 1. The number of nitriles is 1. The van der Waals surface area contributed by atoms with Crippen LogP contribution in [0.2, 0.25) is 0 Å². The topological polar surface area (TPSA) is 86.0 Å². The summed E-state index contributed by atoms with van der Waals surface area (Å²) in [6.45, 7) is 6.72. The van der Waals surface area contributed by atoms with Gasteiger partial charge in [-0.1, -0.05) is 13.8 Å². The third-order valence-electron chi connectivity index (χ3n) is 4.95. The van der Waals surface area contributed by atoms with Crippen LogP contribution in [0.1, 0.15) is 47.4 Å². The van der Waals surface area contributed by atoms with Crippen LogP contribution < -0.4 is 4.90 Å². The molecule has 0 radical (unpaired) electrons. The number of aryl methyl sites for hydroxylation is 1. The minimum atomic E-state index is 0.0152. The van der Waals surface area contributed by atoms with Gasteiger partial charge in [0, 0.05) is 44.1 Å². The predicted octanol–water partition coefficient (Wildman–Crippen LogP) is 2.22. The first-order chi connectivity index (χ1) is 13.2. The van der Waals surface area contributed by atoms with E-state index in [-0.39, 0.29) is 5.91 Å². The number of pyridine rings is 1. The second kappa shape index (κ2) is 8.58. The molecule has 1 saturated heterocycles. The number of carbonyl (C=O) groups is 1. The first-order valence-corrected chi connectivity index (χ1v) is 9.42. The van der Waals surface area contributed by atoms with Gasteiger partial charge in [-0.05, 0) is 37.0 Å². The molecule has 0 atom stereocenters. The largest absolute Gasteiger partial charge is 0.352 e. The second-order valence-electron chi connectivity index (χ2n) is 6.51. The van der Waals surface area contributed by atoms with E-state index in [4.69, 9.17) is 0 Å². The molecule has 0 aromatic carbocycles. The highest BCUT2D eigenvalue weighted by Crippen LogP contribution is 2.24. The lowest BCUT2D eigenvalue weighted by molar-refractivity contribution is 0.0767. The predicted molar refractivity (Wildman–Crippen MR) is 102 cm³/mol. The van der Waals surface area contributed by atoms with Gasteiger partial charge in [-0.3, -0.25) is 9.78 Å². The molecular weight excluding hydrogens is 340 g/mol. The highest BCUT2D eigenvalue weighted by Gasteiger charge is 2.24. The van der Waals surface area contributed by atoms with Crippen molar-refractivity contribution in [2.45, 2.75) is 33.1 Å². The van der Waals surface area contributed by atoms with Crippen molar-refractivity contribution in [1.82, 2.24) is 20.1 Å². The van der Waals surface area contributed by atoms with Crippen LogP contribution in [0.5, 0.6) is 0 Å². The van der Waals surface area contributed by atoms with E-state index in [1.807, 2.05) is 18.7 Å². The van der Waals surface area contributed by atoms with Crippen LogP contribution >= 0.6 is 0 Å². The number of hydrogen-bond donors (Lipinski definition) is 0. The number of anilines is 1. The molecule has 0 N–H and O–H groups in total. The smallest absolute Gasteiger partial charge is 0.254 e. The molecule has 0 unspecified atom stereocenters. The van der Waals surface area contributed by atoms with Gasteiger partial charge in [0.1, 0.15) is 11.6 Å². The Bertz CT molecular complexity index is 846. The summed E-state index contributed by atoms with van der Waals surface area (Å²) in [6, 6.07) is 5.81. The molecule has 0 aliphatic carbocycles. The summed E-state index contributed by atoms with van der Waals surface area (Å²) in [5, 5.41) is 18.4. The second-order valence-corrected chi connectivity index (χ2v) is 6.51. The number of rotatable bonds is 4. The van der Waals surface area contributed by atoms with Crippen molar-refractivity contribution in [3.05, 3.63) is 46.9 Å². The molecule has 3 rings (SSSR count). The van der Waals surface area contributed by atoms with Gasteiger partial charge in [0.05, 0.1) is 5.69 Å². The fourth-order valence-corrected chi connectivity index (χ4v) is 3.51. The molecule has 1 fully saturated rings. The average Bonchev–Trinajstić information content (AvgIpc) is 2.98. The minimum absolute atomic E-state index is 0.0152. The number of nitrogens with zero attached hydrogens (tertiary/aromatic N) is 6. The normalized spacial score (nSPS) is 14.6. The van der Waals surface area contributed by atoms with Gasteiger partial charge < -0.3 is 9.80 Å². The fourth-order valence-electron chi connectivity index (χ4n) is 3.51. The molecule has 0 spiro atoms. The van der Waals surface area contributed by atoms with Crippen LogP contribution in [0.3, 0.4) is 0 Å². The Hall–Kier alpha value is -3.01. The minimum Gasteiger partial charge on any atom is -0.352 e. The third kappa shape index (κ3) is 3.90. The van der Waals surface area contributed by atoms with Crippen molar-refractivity contribution >= 4 is 11.7 Å². The zero-order chi connectivity index (χ0) is 19.2. The van der Waals surface area contributed by atoms with E-state index in [1.54, 1.807) is 24.5 Å². The summed E-state index contributed by atoms with van der Waals surface area (Å²) in [7, 11) is 0. The average molecular weight is 364 g/mol. The van der Waals surface area contributed by atoms with Crippen LogP contribution in [0.4, 0.5) is 5.82 Å². The zero-order valence-corrected chi connectivity index (χ0v) is 15.9. The van der Waals surface area contributed by atoms with Gasteiger partial charge in [-0.2, -0.15) is 10.4 Å². The van der Waals surface area contributed by atoms with E-state index in [0.29, 0.717) is 36.6 Å². The SMILES string of the molecule is CCc1nnc(N2CCCN(C(=O)c3ccncc3)CC2)c(C#N)c1CC. The summed E-state index contributed by atoms with van der Waals surface area (Å²) < 4.78 is 0. The molecule has 140 valence electrons. The van der Waals surface area contributed by atoms with E-state index in [9.17, 15) is 10.1 Å².